The summed E-state index contributed by atoms with van der Waals surface area (Å²) in [6, 6.07) is 5.84. The second-order valence-electron chi connectivity index (χ2n) is 8.45. The van der Waals surface area contributed by atoms with Crippen LogP contribution in [0.5, 0.6) is 0 Å². The summed E-state index contributed by atoms with van der Waals surface area (Å²) in [5.74, 6) is -0.864. The molecule has 0 fully saturated rings. The van der Waals surface area contributed by atoms with E-state index >= 15 is 0 Å². The molecule has 2 N–H and O–H groups in total. The maximum absolute atomic E-state index is 14.0. The van der Waals surface area contributed by atoms with E-state index in [1.165, 1.54) is 29.5 Å². The SMILES string of the molecule is C=CCNC(=O)c1c(NC(=O)c2ccccc2F)sc2c1CC[C@@H](C(C)(C)C)C2. The summed E-state index contributed by atoms with van der Waals surface area (Å²) < 4.78 is 14.0. The van der Waals surface area contributed by atoms with Gasteiger partial charge in [0, 0.05) is 11.4 Å². The second kappa shape index (κ2) is 8.49. The fraction of sp³-hybridized carbons (Fsp3) is 0.391. The summed E-state index contributed by atoms with van der Waals surface area (Å²) in [5, 5.41) is 6.09. The first-order chi connectivity index (χ1) is 13.7. The summed E-state index contributed by atoms with van der Waals surface area (Å²) in [6.45, 7) is 10.7. The van der Waals surface area contributed by atoms with Crippen molar-refractivity contribution in [2.24, 2.45) is 11.3 Å². The van der Waals surface area contributed by atoms with Crippen LogP contribution in [0.15, 0.2) is 36.9 Å². The highest BCUT2D eigenvalue weighted by molar-refractivity contribution is 7.17. The molecule has 1 aliphatic rings. The number of carbonyl (C=O) groups excluding carboxylic acids is 2. The molecule has 0 saturated carbocycles. The van der Waals surface area contributed by atoms with Gasteiger partial charge in [-0.1, -0.05) is 39.0 Å². The first kappa shape index (κ1) is 21.2. The van der Waals surface area contributed by atoms with Gasteiger partial charge in [0.15, 0.2) is 0 Å². The minimum absolute atomic E-state index is 0.0381. The van der Waals surface area contributed by atoms with Crippen LogP contribution in [0.1, 0.15) is 58.3 Å². The Morgan fingerprint density at radius 2 is 2.00 bits per heavy atom. The van der Waals surface area contributed by atoms with E-state index in [1.54, 1.807) is 12.1 Å². The van der Waals surface area contributed by atoms with Crippen molar-refractivity contribution >= 4 is 28.2 Å². The first-order valence-electron chi connectivity index (χ1n) is 9.82. The predicted octanol–water partition coefficient (Wildman–Crippen LogP) is 5.21. The predicted molar refractivity (Wildman–Crippen MR) is 116 cm³/mol. The van der Waals surface area contributed by atoms with Crippen molar-refractivity contribution < 1.29 is 14.0 Å². The topological polar surface area (TPSA) is 58.2 Å². The van der Waals surface area contributed by atoms with Gasteiger partial charge in [-0.25, -0.2) is 4.39 Å². The van der Waals surface area contributed by atoms with Gasteiger partial charge >= 0.3 is 0 Å². The molecule has 1 aromatic heterocycles. The molecular formula is C23H27FN2O2S. The lowest BCUT2D eigenvalue weighted by atomic mass is 9.72. The summed E-state index contributed by atoms with van der Waals surface area (Å²) in [6.07, 6.45) is 4.28. The summed E-state index contributed by atoms with van der Waals surface area (Å²) >= 11 is 1.43. The minimum atomic E-state index is -0.586. The Balaban J connectivity index is 1.96. The van der Waals surface area contributed by atoms with Gasteiger partial charge in [0.05, 0.1) is 11.1 Å². The van der Waals surface area contributed by atoms with E-state index in [0.717, 1.165) is 29.7 Å². The lowest BCUT2D eigenvalue weighted by molar-refractivity contribution is 0.0957. The van der Waals surface area contributed by atoms with Crippen LogP contribution in [-0.4, -0.2) is 18.4 Å². The average molecular weight is 415 g/mol. The maximum Gasteiger partial charge on any atom is 0.259 e. The normalized spacial score (nSPS) is 16.1. The number of amides is 2. The standard InChI is InChI=1S/C23H27FN2O2S/c1-5-12-25-21(28)19-16-11-10-14(23(2,3)4)13-18(16)29-22(19)26-20(27)15-8-6-7-9-17(15)24/h5-9,14H,1,10-13H2,2-4H3,(H,25,28)(H,26,27)/t14-/m1/s1. The molecule has 1 atom stereocenters. The van der Waals surface area contributed by atoms with Crippen molar-refractivity contribution in [3.05, 3.63) is 64.3 Å². The highest BCUT2D eigenvalue weighted by atomic mass is 32.1. The van der Waals surface area contributed by atoms with Crippen molar-refractivity contribution in [3.8, 4) is 0 Å². The molecule has 29 heavy (non-hydrogen) atoms. The van der Waals surface area contributed by atoms with Crippen LogP contribution in [0, 0.1) is 17.2 Å². The number of rotatable bonds is 5. The van der Waals surface area contributed by atoms with Gasteiger partial charge < -0.3 is 10.6 Å². The lowest BCUT2D eigenvalue weighted by Gasteiger charge is -2.33. The Morgan fingerprint density at radius 3 is 2.66 bits per heavy atom. The number of hydrogen-bond donors (Lipinski definition) is 2. The molecule has 1 heterocycles. The Labute approximate surface area is 175 Å². The van der Waals surface area contributed by atoms with E-state index < -0.39 is 11.7 Å². The van der Waals surface area contributed by atoms with Gasteiger partial charge in [-0.15, -0.1) is 17.9 Å². The van der Waals surface area contributed by atoms with Crippen molar-refractivity contribution in [3.63, 3.8) is 0 Å². The summed E-state index contributed by atoms with van der Waals surface area (Å²) in [7, 11) is 0. The van der Waals surface area contributed by atoms with Crippen LogP contribution >= 0.6 is 11.3 Å². The fourth-order valence-corrected chi connectivity index (χ4v) is 5.04. The number of anilines is 1. The molecule has 2 amide bonds. The highest BCUT2D eigenvalue weighted by Crippen LogP contribution is 2.44. The van der Waals surface area contributed by atoms with Gasteiger partial charge in [-0.3, -0.25) is 9.59 Å². The Morgan fingerprint density at radius 1 is 1.28 bits per heavy atom. The minimum Gasteiger partial charge on any atom is -0.348 e. The quantitative estimate of drug-likeness (QED) is 0.660. The molecular weight excluding hydrogens is 387 g/mol. The molecule has 0 unspecified atom stereocenters. The lowest BCUT2D eigenvalue weighted by Crippen LogP contribution is -2.29. The third-order valence-corrected chi connectivity index (χ3v) is 6.64. The zero-order chi connectivity index (χ0) is 21.2. The van der Waals surface area contributed by atoms with Crippen LogP contribution in [-0.2, 0) is 12.8 Å². The Bertz CT molecular complexity index is 943. The Kier molecular flexibility index (Phi) is 6.22. The van der Waals surface area contributed by atoms with Crippen molar-refractivity contribution in [2.45, 2.75) is 40.0 Å². The summed E-state index contributed by atoms with van der Waals surface area (Å²) in [5.41, 5.74) is 1.64. The third kappa shape index (κ3) is 4.58. The van der Waals surface area contributed by atoms with Crippen molar-refractivity contribution in [2.75, 3.05) is 11.9 Å². The molecule has 0 spiro atoms. The highest BCUT2D eigenvalue weighted by Gasteiger charge is 2.34. The fourth-order valence-electron chi connectivity index (χ4n) is 3.72. The van der Waals surface area contributed by atoms with E-state index in [0.29, 0.717) is 23.0 Å². The van der Waals surface area contributed by atoms with Crippen molar-refractivity contribution in [1.29, 1.82) is 0 Å². The molecule has 1 aliphatic carbocycles. The largest absolute Gasteiger partial charge is 0.348 e. The van der Waals surface area contributed by atoms with Crippen LogP contribution in [0.4, 0.5) is 9.39 Å². The van der Waals surface area contributed by atoms with Crippen LogP contribution in [0.25, 0.3) is 0 Å². The number of thiophene rings is 1. The van der Waals surface area contributed by atoms with Crippen LogP contribution in [0.3, 0.4) is 0 Å². The number of halogens is 1. The maximum atomic E-state index is 14.0. The van der Waals surface area contributed by atoms with Gasteiger partial charge in [0.2, 0.25) is 0 Å². The van der Waals surface area contributed by atoms with E-state index in [9.17, 15) is 14.0 Å². The van der Waals surface area contributed by atoms with Gasteiger partial charge in [-0.2, -0.15) is 0 Å². The third-order valence-electron chi connectivity index (χ3n) is 5.47. The molecule has 0 bridgehead atoms. The number of nitrogens with one attached hydrogen (secondary N) is 2. The zero-order valence-corrected chi connectivity index (χ0v) is 17.9. The molecule has 4 nitrogen and oxygen atoms in total. The molecule has 0 aliphatic heterocycles. The monoisotopic (exact) mass is 414 g/mol. The van der Waals surface area contributed by atoms with Crippen LogP contribution in [0.2, 0.25) is 0 Å². The molecule has 0 saturated heterocycles. The number of benzene rings is 1. The molecule has 154 valence electrons. The Hall–Kier alpha value is -2.47. The second-order valence-corrected chi connectivity index (χ2v) is 9.55. The van der Waals surface area contributed by atoms with Crippen LogP contribution < -0.4 is 10.6 Å². The summed E-state index contributed by atoms with van der Waals surface area (Å²) in [4.78, 5) is 26.6. The van der Waals surface area contributed by atoms with Gasteiger partial charge in [0.25, 0.3) is 11.8 Å². The van der Waals surface area contributed by atoms with Gasteiger partial charge in [-0.05, 0) is 48.3 Å². The first-order valence-corrected chi connectivity index (χ1v) is 10.6. The number of carbonyl (C=O) groups is 2. The number of hydrogen-bond acceptors (Lipinski definition) is 3. The van der Waals surface area contributed by atoms with E-state index in [1.807, 2.05) is 0 Å². The van der Waals surface area contributed by atoms with E-state index in [4.69, 9.17) is 0 Å². The van der Waals surface area contributed by atoms with E-state index in [2.05, 4.69) is 38.0 Å². The number of fused-ring (bicyclic) bond motifs is 1. The smallest absolute Gasteiger partial charge is 0.259 e. The molecule has 1 aromatic carbocycles. The van der Waals surface area contributed by atoms with Gasteiger partial charge in [0.1, 0.15) is 10.8 Å². The molecule has 2 aromatic rings. The molecule has 3 rings (SSSR count). The molecule has 6 heteroatoms. The average Bonchev–Trinajstić information content (AvgIpc) is 3.02. The zero-order valence-electron chi connectivity index (χ0n) is 17.1. The van der Waals surface area contributed by atoms with Crippen molar-refractivity contribution in [1.82, 2.24) is 5.32 Å². The molecule has 0 radical (unpaired) electrons. The van der Waals surface area contributed by atoms with E-state index in [-0.39, 0.29) is 16.9 Å².